The summed E-state index contributed by atoms with van der Waals surface area (Å²) in [5, 5.41) is 14.5. The fraction of sp³-hybridized carbons (Fsp3) is 0.120. The molecule has 1 heterocycles. The van der Waals surface area contributed by atoms with E-state index in [1.54, 1.807) is 42.5 Å². The quantitative estimate of drug-likeness (QED) is 0.226. The number of carboxylic acid groups (broad SMARTS) is 1. The van der Waals surface area contributed by atoms with Crippen molar-refractivity contribution in [1.82, 2.24) is 15.3 Å². The van der Waals surface area contributed by atoms with Gasteiger partial charge in [0.25, 0.3) is 15.9 Å². The van der Waals surface area contributed by atoms with E-state index in [1.807, 2.05) is 0 Å². The molecule has 0 spiro atoms. The molecule has 13 heteroatoms. The Morgan fingerprint density at radius 2 is 1.68 bits per heavy atom. The van der Waals surface area contributed by atoms with Crippen molar-refractivity contribution in [3.63, 3.8) is 0 Å². The van der Waals surface area contributed by atoms with Crippen LogP contribution < -0.4 is 20.1 Å². The molecule has 1 aromatic heterocycles. The third kappa shape index (κ3) is 6.28. The van der Waals surface area contributed by atoms with Crippen molar-refractivity contribution in [3.8, 4) is 5.75 Å². The molecule has 0 bridgehead atoms. The SMILES string of the molecule is COc1ccc(Cl)c(Nc2nc3ccccc3nc2NS(=O)(=O)c2cccc(C(=O)NCCC(=O)O)c2)c1. The van der Waals surface area contributed by atoms with Crippen molar-refractivity contribution in [2.45, 2.75) is 11.3 Å². The number of anilines is 3. The minimum atomic E-state index is -4.23. The summed E-state index contributed by atoms with van der Waals surface area (Å²) in [5.41, 5.74) is 1.41. The maximum absolute atomic E-state index is 13.3. The standard InChI is InChI=1S/C25H22ClN5O6S/c1-37-16-9-10-18(26)21(14-16)30-23-24(29-20-8-3-2-7-19(20)28-23)31-38(35,36)17-6-4-5-15(13-17)25(34)27-12-11-22(32)33/h2-10,13-14H,11-12H2,1H3,(H,27,34)(H,28,30)(H,29,31)(H,32,33). The molecule has 4 aromatic rings. The summed E-state index contributed by atoms with van der Waals surface area (Å²) < 4.78 is 34.3. The summed E-state index contributed by atoms with van der Waals surface area (Å²) in [5.74, 6) is -1.17. The number of fused-ring (bicyclic) bond motifs is 1. The Morgan fingerprint density at radius 1 is 0.974 bits per heavy atom. The smallest absolute Gasteiger partial charge is 0.305 e. The lowest BCUT2D eigenvalue weighted by Crippen LogP contribution is -2.26. The van der Waals surface area contributed by atoms with Gasteiger partial charge in [-0.2, -0.15) is 0 Å². The number of para-hydroxylation sites is 2. The van der Waals surface area contributed by atoms with Crippen molar-refractivity contribution < 1.29 is 27.9 Å². The predicted molar refractivity (Wildman–Crippen MR) is 143 cm³/mol. The molecule has 4 N–H and O–H groups in total. The largest absolute Gasteiger partial charge is 0.497 e. The second-order valence-electron chi connectivity index (χ2n) is 7.91. The van der Waals surface area contributed by atoms with Crippen LogP contribution in [-0.4, -0.2) is 49.0 Å². The van der Waals surface area contributed by atoms with Gasteiger partial charge in [-0.05, 0) is 42.5 Å². The topological polar surface area (TPSA) is 160 Å². The zero-order valence-corrected chi connectivity index (χ0v) is 21.5. The van der Waals surface area contributed by atoms with Gasteiger partial charge in [-0.3, -0.25) is 14.3 Å². The van der Waals surface area contributed by atoms with Crippen LogP contribution in [0.2, 0.25) is 5.02 Å². The maximum atomic E-state index is 13.3. The average molecular weight is 556 g/mol. The van der Waals surface area contributed by atoms with E-state index >= 15 is 0 Å². The van der Waals surface area contributed by atoms with Crippen LogP contribution in [0.25, 0.3) is 11.0 Å². The number of hydrogen-bond acceptors (Lipinski definition) is 8. The number of sulfonamides is 1. The third-order valence-electron chi connectivity index (χ3n) is 5.26. The number of aromatic nitrogens is 2. The summed E-state index contributed by atoms with van der Waals surface area (Å²) in [6.07, 6.45) is -0.265. The van der Waals surface area contributed by atoms with Crippen LogP contribution in [0.4, 0.5) is 17.3 Å². The first-order chi connectivity index (χ1) is 18.2. The second kappa shape index (κ2) is 11.3. The first-order valence-electron chi connectivity index (χ1n) is 11.2. The number of ether oxygens (including phenoxy) is 1. The Kier molecular flexibility index (Phi) is 7.93. The Bertz CT molecular complexity index is 1630. The lowest BCUT2D eigenvalue weighted by atomic mass is 10.2. The van der Waals surface area contributed by atoms with Crippen LogP contribution >= 0.6 is 11.6 Å². The highest BCUT2D eigenvalue weighted by Crippen LogP contribution is 2.32. The van der Waals surface area contributed by atoms with Crippen LogP contribution in [0.1, 0.15) is 16.8 Å². The summed E-state index contributed by atoms with van der Waals surface area (Å²) in [7, 11) is -2.73. The van der Waals surface area contributed by atoms with E-state index in [4.69, 9.17) is 21.4 Å². The van der Waals surface area contributed by atoms with Crippen LogP contribution in [0.5, 0.6) is 5.75 Å². The van der Waals surface area contributed by atoms with Gasteiger partial charge in [0.05, 0.1) is 40.2 Å². The van der Waals surface area contributed by atoms with Gasteiger partial charge >= 0.3 is 5.97 Å². The van der Waals surface area contributed by atoms with E-state index in [0.717, 1.165) is 0 Å². The zero-order valence-electron chi connectivity index (χ0n) is 19.9. The number of carboxylic acids is 1. The molecular formula is C25H22ClN5O6S. The van der Waals surface area contributed by atoms with Crippen molar-refractivity contribution in [2.24, 2.45) is 0 Å². The molecule has 0 fully saturated rings. The number of aliphatic carboxylic acids is 1. The van der Waals surface area contributed by atoms with Crippen LogP contribution in [0.15, 0.2) is 71.6 Å². The molecule has 3 aromatic carbocycles. The molecule has 4 rings (SSSR count). The lowest BCUT2D eigenvalue weighted by molar-refractivity contribution is -0.136. The van der Waals surface area contributed by atoms with Gasteiger partial charge in [0.1, 0.15) is 5.75 Å². The molecule has 0 unspecified atom stereocenters. The van der Waals surface area contributed by atoms with Crippen LogP contribution in [-0.2, 0) is 14.8 Å². The van der Waals surface area contributed by atoms with Gasteiger partial charge in [0, 0.05) is 18.2 Å². The van der Waals surface area contributed by atoms with Crippen molar-refractivity contribution in [1.29, 1.82) is 0 Å². The Labute approximate surface area is 222 Å². The van der Waals surface area contributed by atoms with E-state index < -0.39 is 21.9 Å². The number of carbonyl (C=O) groups excluding carboxylic acids is 1. The monoisotopic (exact) mass is 555 g/mol. The number of nitrogens with zero attached hydrogens (tertiary/aromatic N) is 2. The van der Waals surface area contributed by atoms with E-state index in [9.17, 15) is 18.0 Å². The number of hydrogen-bond donors (Lipinski definition) is 4. The number of benzene rings is 3. The summed E-state index contributed by atoms with van der Waals surface area (Å²) in [6.45, 7) is -0.0993. The minimum absolute atomic E-state index is 0.0457. The number of rotatable bonds is 10. The van der Waals surface area contributed by atoms with E-state index in [2.05, 4.69) is 25.3 Å². The number of methoxy groups -OCH3 is 1. The van der Waals surface area contributed by atoms with Crippen LogP contribution in [0.3, 0.4) is 0 Å². The first-order valence-corrected chi connectivity index (χ1v) is 13.0. The average Bonchev–Trinajstić information content (AvgIpc) is 2.90. The summed E-state index contributed by atoms with van der Waals surface area (Å²) in [6, 6.07) is 17.2. The Balaban J connectivity index is 1.68. The number of halogens is 1. The Morgan fingerprint density at radius 3 is 2.37 bits per heavy atom. The highest BCUT2D eigenvalue weighted by atomic mass is 35.5. The molecule has 196 valence electrons. The molecule has 0 aliphatic heterocycles. The molecule has 38 heavy (non-hydrogen) atoms. The van der Waals surface area contributed by atoms with Gasteiger partial charge in [-0.25, -0.2) is 18.4 Å². The molecule has 0 radical (unpaired) electrons. The van der Waals surface area contributed by atoms with Gasteiger partial charge in [-0.15, -0.1) is 0 Å². The molecule has 0 aliphatic rings. The summed E-state index contributed by atoms with van der Waals surface area (Å²) in [4.78, 5) is 31.8. The first kappa shape index (κ1) is 26.6. The number of amides is 1. The van der Waals surface area contributed by atoms with E-state index in [1.165, 1.54) is 31.4 Å². The molecule has 1 amide bonds. The molecule has 0 saturated carbocycles. The molecule has 0 aliphatic carbocycles. The van der Waals surface area contributed by atoms with Gasteiger partial charge in [0.15, 0.2) is 11.6 Å². The zero-order chi connectivity index (χ0) is 27.3. The van der Waals surface area contributed by atoms with Gasteiger partial charge in [-0.1, -0.05) is 29.8 Å². The van der Waals surface area contributed by atoms with Gasteiger partial charge in [0.2, 0.25) is 0 Å². The van der Waals surface area contributed by atoms with Crippen molar-refractivity contribution in [2.75, 3.05) is 23.7 Å². The normalized spacial score (nSPS) is 11.1. The van der Waals surface area contributed by atoms with Gasteiger partial charge < -0.3 is 20.5 Å². The number of nitrogens with one attached hydrogen (secondary N) is 3. The fourth-order valence-electron chi connectivity index (χ4n) is 3.39. The molecule has 0 atom stereocenters. The van der Waals surface area contributed by atoms with E-state index in [0.29, 0.717) is 27.5 Å². The molecule has 0 saturated heterocycles. The highest BCUT2D eigenvalue weighted by molar-refractivity contribution is 7.92. The van der Waals surface area contributed by atoms with Crippen LogP contribution in [0, 0.1) is 0 Å². The maximum Gasteiger partial charge on any atom is 0.305 e. The predicted octanol–water partition coefficient (Wildman–Crippen LogP) is 4.04. The Hall–Kier alpha value is -4.42. The second-order valence-corrected chi connectivity index (χ2v) is 10.0. The molecular weight excluding hydrogens is 534 g/mol. The minimum Gasteiger partial charge on any atom is -0.497 e. The summed E-state index contributed by atoms with van der Waals surface area (Å²) >= 11 is 6.33. The highest BCUT2D eigenvalue weighted by Gasteiger charge is 2.21. The fourth-order valence-corrected chi connectivity index (χ4v) is 4.61. The molecule has 11 nitrogen and oxygen atoms in total. The van der Waals surface area contributed by atoms with Crippen molar-refractivity contribution >= 4 is 61.9 Å². The van der Waals surface area contributed by atoms with E-state index in [-0.39, 0.29) is 35.1 Å². The lowest BCUT2D eigenvalue weighted by Gasteiger charge is -2.15. The van der Waals surface area contributed by atoms with Crippen molar-refractivity contribution in [3.05, 3.63) is 77.3 Å². The number of carbonyl (C=O) groups is 2. The third-order valence-corrected chi connectivity index (χ3v) is 6.93.